The van der Waals surface area contributed by atoms with Gasteiger partial charge in [0.05, 0.1) is 6.54 Å². The molecule has 0 aliphatic rings. The summed E-state index contributed by atoms with van der Waals surface area (Å²) in [5.74, 6) is 1.15. The molecule has 6 heteroatoms. The molecule has 0 amide bonds. The number of aromatic nitrogens is 3. The molecule has 1 aromatic carbocycles. The quantitative estimate of drug-likeness (QED) is 0.559. The van der Waals surface area contributed by atoms with E-state index in [1.165, 1.54) is 5.56 Å². The van der Waals surface area contributed by atoms with Crippen LogP contribution in [-0.2, 0) is 13.0 Å². The largest absolute Gasteiger partial charge is 0.370 e. The average Bonchev–Trinajstić information content (AvgIpc) is 3.15. The Kier molecular flexibility index (Phi) is 4.86. The molecule has 0 aliphatic heterocycles. The van der Waals surface area contributed by atoms with Crippen LogP contribution in [0, 0.1) is 0 Å². The second-order valence-electron chi connectivity index (χ2n) is 5.35. The number of pyridine rings is 1. The van der Waals surface area contributed by atoms with Crippen molar-refractivity contribution >= 4 is 11.6 Å². The van der Waals surface area contributed by atoms with E-state index < -0.39 is 0 Å². The van der Waals surface area contributed by atoms with Crippen LogP contribution in [0.15, 0.2) is 66.0 Å². The van der Waals surface area contributed by atoms with Crippen LogP contribution in [0.5, 0.6) is 0 Å². The van der Waals surface area contributed by atoms with Gasteiger partial charge in [0.2, 0.25) is 0 Å². The van der Waals surface area contributed by atoms with E-state index in [2.05, 4.69) is 39.4 Å². The van der Waals surface area contributed by atoms with E-state index >= 15 is 0 Å². The minimum absolute atomic E-state index is 0.390. The van der Waals surface area contributed by atoms with Crippen molar-refractivity contribution in [2.24, 2.45) is 10.7 Å². The predicted molar refractivity (Wildman–Crippen MR) is 96.1 cm³/mol. The molecule has 0 radical (unpaired) electrons. The lowest BCUT2D eigenvalue weighted by molar-refractivity contribution is 0.841. The van der Waals surface area contributed by atoms with Gasteiger partial charge in [0.1, 0.15) is 0 Å². The first-order chi connectivity index (χ1) is 11.7. The van der Waals surface area contributed by atoms with Gasteiger partial charge < -0.3 is 11.1 Å². The van der Waals surface area contributed by atoms with E-state index in [9.17, 15) is 0 Å². The van der Waals surface area contributed by atoms with Gasteiger partial charge in [-0.25, -0.2) is 14.7 Å². The molecule has 0 saturated carbocycles. The van der Waals surface area contributed by atoms with Crippen LogP contribution < -0.4 is 11.1 Å². The van der Waals surface area contributed by atoms with Crippen molar-refractivity contribution in [3.63, 3.8) is 0 Å². The van der Waals surface area contributed by atoms with Crippen LogP contribution in [0.3, 0.4) is 0 Å². The summed E-state index contributed by atoms with van der Waals surface area (Å²) in [5.41, 5.74) is 9.20. The van der Waals surface area contributed by atoms with Crippen LogP contribution in [0.25, 0.3) is 5.82 Å². The maximum atomic E-state index is 5.98. The number of anilines is 1. The third kappa shape index (κ3) is 3.98. The van der Waals surface area contributed by atoms with Gasteiger partial charge in [0, 0.05) is 24.3 Å². The zero-order chi connectivity index (χ0) is 16.8. The fourth-order valence-corrected chi connectivity index (χ4v) is 2.32. The second kappa shape index (κ2) is 7.41. The number of aliphatic imine (C=N–C) groups is 1. The van der Waals surface area contributed by atoms with E-state index in [1.54, 1.807) is 17.1 Å². The van der Waals surface area contributed by atoms with Crippen LogP contribution in [0.4, 0.5) is 5.69 Å². The number of benzene rings is 1. The fourth-order valence-electron chi connectivity index (χ4n) is 2.32. The van der Waals surface area contributed by atoms with E-state index in [-0.39, 0.29) is 0 Å². The van der Waals surface area contributed by atoms with Gasteiger partial charge in [0.15, 0.2) is 11.8 Å². The molecule has 24 heavy (non-hydrogen) atoms. The molecule has 0 bridgehead atoms. The molecule has 0 unspecified atom stereocenters. The molecule has 3 N–H and O–H groups in total. The lowest BCUT2D eigenvalue weighted by atomic mass is 10.1. The first-order valence-electron chi connectivity index (χ1n) is 7.85. The number of hydrogen-bond donors (Lipinski definition) is 2. The molecule has 2 aromatic heterocycles. The van der Waals surface area contributed by atoms with Crippen LogP contribution in [-0.4, -0.2) is 20.7 Å². The SMILES string of the molecule is CCc1cccc(NC(N)=NCc2ccnc(-n3cccn3)c2)c1. The molecule has 0 aliphatic carbocycles. The molecule has 0 atom stereocenters. The number of hydrogen-bond acceptors (Lipinski definition) is 3. The summed E-state index contributed by atoms with van der Waals surface area (Å²) in [6, 6.07) is 13.9. The van der Waals surface area contributed by atoms with Crippen molar-refractivity contribution in [1.82, 2.24) is 14.8 Å². The zero-order valence-electron chi connectivity index (χ0n) is 13.6. The van der Waals surface area contributed by atoms with E-state index in [1.807, 2.05) is 36.5 Å². The maximum Gasteiger partial charge on any atom is 0.193 e. The highest BCUT2D eigenvalue weighted by atomic mass is 15.3. The number of nitrogens with zero attached hydrogens (tertiary/aromatic N) is 4. The monoisotopic (exact) mass is 320 g/mol. The first-order valence-corrected chi connectivity index (χ1v) is 7.85. The Morgan fingerprint density at radius 1 is 1.17 bits per heavy atom. The van der Waals surface area contributed by atoms with E-state index in [4.69, 9.17) is 5.73 Å². The number of nitrogens with one attached hydrogen (secondary N) is 1. The van der Waals surface area contributed by atoms with Gasteiger partial charge >= 0.3 is 0 Å². The Morgan fingerprint density at radius 3 is 2.88 bits per heavy atom. The van der Waals surface area contributed by atoms with Gasteiger partial charge in [-0.05, 0) is 47.9 Å². The molecule has 2 heterocycles. The number of nitrogens with two attached hydrogens (primary N) is 1. The predicted octanol–water partition coefficient (Wildman–Crippen LogP) is 2.76. The van der Waals surface area contributed by atoms with Gasteiger partial charge in [0.25, 0.3) is 0 Å². The molecule has 3 aromatic rings. The van der Waals surface area contributed by atoms with Gasteiger partial charge in [-0.15, -0.1) is 0 Å². The van der Waals surface area contributed by atoms with E-state index in [0.29, 0.717) is 12.5 Å². The standard InChI is InChI=1S/C18H20N6/c1-2-14-5-3-6-16(11-14)23-18(19)21-13-15-7-9-20-17(12-15)24-10-4-8-22-24/h3-12H,2,13H2,1H3,(H3,19,21,23). The van der Waals surface area contributed by atoms with Crippen molar-refractivity contribution in [3.8, 4) is 5.82 Å². The van der Waals surface area contributed by atoms with Crippen molar-refractivity contribution < 1.29 is 0 Å². The minimum Gasteiger partial charge on any atom is -0.370 e. The van der Waals surface area contributed by atoms with Crippen LogP contribution >= 0.6 is 0 Å². The highest BCUT2D eigenvalue weighted by Crippen LogP contribution is 2.11. The third-order valence-electron chi connectivity index (χ3n) is 3.59. The maximum absolute atomic E-state index is 5.98. The summed E-state index contributed by atoms with van der Waals surface area (Å²) >= 11 is 0. The smallest absolute Gasteiger partial charge is 0.193 e. The molecule has 0 saturated heterocycles. The summed E-state index contributed by atoms with van der Waals surface area (Å²) in [6.45, 7) is 2.60. The van der Waals surface area contributed by atoms with Gasteiger partial charge in [-0.3, -0.25) is 0 Å². The lowest BCUT2D eigenvalue weighted by Gasteiger charge is -2.07. The summed E-state index contributed by atoms with van der Waals surface area (Å²) < 4.78 is 1.71. The van der Waals surface area contributed by atoms with Crippen LogP contribution in [0.1, 0.15) is 18.1 Å². The first kappa shape index (κ1) is 15.7. The number of guanidine groups is 1. The normalized spacial score (nSPS) is 11.5. The van der Waals surface area contributed by atoms with Crippen LogP contribution in [0.2, 0.25) is 0 Å². The van der Waals surface area contributed by atoms with Crippen molar-refractivity contribution in [2.75, 3.05) is 5.32 Å². The van der Waals surface area contributed by atoms with Gasteiger partial charge in [-0.2, -0.15) is 5.10 Å². The zero-order valence-corrected chi connectivity index (χ0v) is 13.6. The molecule has 3 rings (SSSR count). The summed E-state index contributed by atoms with van der Waals surface area (Å²) in [6.07, 6.45) is 6.31. The number of aryl methyl sites for hydroxylation is 1. The number of rotatable bonds is 5. The molecule has 6 nitrogen and oxygen atoms in total. The van der Waals surface area contributed by atoms with Crippen molar-refractivity contribution in [1.29, 1.82) is 0 Å². The molecule has 122 valence electrons. The second-order valence-corrected chi connectivity index (χ2v) is 5.35. The lowest BCUT2D eigenvalue weighted by Crippen LogP contribution is -2.22. The van der Waals surface area contributed by atoms with Crippen molar-refractivity contribution in [2.45, 2.75) is 19.9 Å². The summed E-state index contributed by atoms with van der Waals surface area (Å²) in [5, 5.41) is 7.30. The van der Waals surface area contributed by atoms with E-state index in [0.717, 1.165) is 23.5 Å². The molecular formula is C18H20N6. The topological polar surface area (TPSA) is 81.1 Å². The Morgan fingerprint density at radius 2 is 2.08 bits per heavy atom. The average molecular weight is 320 g/mol. The summed E-state index contributed by atoms with van der Waals surface area (Å²) in [7, 11) is 0. The fraction of sp³-hybridized carbons (Fsp3) is 0.167. The highest BCUT2D eigenvalue weighted by molar-refractivity contribution is 5.92. The summed E-state index contributed by atoms with van der Waals surface area (Å²) in [4.78, 5) is 8.69. The Hall–Kier alpha value is -3.15. The third-order valence-corrected chi connectivity index (χ3v) is 3.59. The molecule has 0 spiro atoms. The molecular weight excluding hydrogens is 300 g/mol. The van der Waals surface area contributed by atoms with Crippen molar-refractivity contribution in [3.05, 3.63) is 72.2 Å². The Bertz CT molecular complexity index is 823. The minimum atomic E-state index is 0.390. The van der Waals surface area contributed by atoms with Gasteiger partial charge in [-0.1, -0.05) is 19.1 Å². The molecule has 0 fully saturated rings. The highest BCUT2D eigenvalue weighted by Gasteiger charge is 2.01. The Balaban J connectivity index is 1.67. The Labute approximate surface area is 141 Å².